The lowest BCUT2D eigenvalue weighted by Gasteiger charge is -2.10. The van der Waals surface area contributed by atoms with Crippen molar-refractivity contribution < 1.29 is 0 Å². The van der Waals surface area contributed by atoms with Gasteiger partial charge in [-0.05, 0) is 18.4 Å². The molecule has 0 amide bonds. The highest BCUT2D eigenvalue weighted by Crippen LogP contribution is 2.08. The fourth-order valence-corrected chi connectivity index (χ4v) is 0.931. The molecule has 1 aliphatic heterocycles. The number of nitrogens with one attached hydrogen (secondary N) is 1. The maximum absolute atomic E-state index is 5.46. The highest BCUT2D eigenvalue weighted by atomic mass is 79.9. The van der Waals surface area contributed by atoms with Crippen LogP contribution in [-0.4, -0.2) is 6.17 Å². The van der Waals surface area contributed by atoms with Crippen molar-refractivity contribution in [2.75, 3.05) is 0 Å². The molecule has 0 aromatic carbocycles. The van der Waals surface area contributed by atoms with E-state index in [9.17, 15) is 0 Å². The molecular formula is C5H7BrN2. The minimum Gasteiger partial charge on any atom is -0.373 e. The highest BCUT2D eigenvalue weighted by Gasteiger charge is 1.97. The second-order valence-corrected chi connectivity index (χ2v) is 2.49. The van der Waals surface area contributed by atoms with Crippen LogP contribution in [0.3, 0.4) is 0 Å². The third-order valence-electron chi connectivity index (χ3n) is 0.870. The molecule has 0 saturated carbocycles. The molecule has 1 atom stereocenters. The maximum Gasteiger partial charge on any atom is 0.0945 e. The Labute approximate surface area is 56.6 Å². The summed E-state index contributed by atoms with van der Waals surface area (Å²) >= 11 is 3.28. The smallest absolute Gasteiger partial charge is 0.0945 e. The van der Waals surface area contributed by atoms with Crippen LogP contribution in [0.4, 0.5) is 0 Å². The monoisotopic (exact) mass is 174 g/mol. The summed E-state index contributed by atoms with van der Waals surface area (Å²) in [4.78, 5) is 0. The van der Waals surface area contributed by atoms with Crippen molar-refractivity contribution in [2.45, 2.75) is 6.17 Å². The summed E-state index contributed by atoms with van der Waals surface area (Å²) < 4.78 is 1.03. The molecule has 0 spiro atoms. The maximum atomic E-state index is 5.46. The van der Waals surface area contributed by atoms with E-state index >= 15 is 0 Å². The first kappa shape index (κ1) is 5.85. The van der Waals surface area contributed by atoms with Crippen molar-refractivity contribution in [1.29, 1.82) is 0 Å². The van der Waals surface area contributed by atoms with Crippen molar-refractivity contribution in [1.82, 2.24) is 5.32 Å². The first-order valence-corrected chi connectivity index (χ1v) is 3.14. The number of halogens is 1. The molecule has 0 aromatic rings. The largest absolute Gasteiger partial charge is 0.373 e. The van der Waals surface area contributed by atoms with Gasteiger partial charge in [-0.15, -0.1) is 0 Å². The summed E-state index contributed by atoms with van der Waals surface area (Å²) in [5, 5.41) is 2.90. The lowest BCUT2D eigenvalue weighted by atomic mass is 10.3. The predicted molar refractivity (Wildman–Crippen MR) is 37.3 cm³/mol. The van der Waals surface area contributed by atoms with E-state index in [1.807, 2.05) is 18.4 Å². The summed E-state index contributed by atoms with van der Waals surface area (Å²) in [6.45, 7) is 0. The summed E-state index contributed by atoms with van der Waals surface area (Å²) in [7, 11) is 0. The molecule has 3 heteroatoms. The Hall–Kier alpha value is -0.280. The van der Waals surface area contributed by atoms with Crippen LogP contribution in [0.25, 0.3) is 0 Å². The van der Waals surface area contributed by atoms with Crippen LogP contribution in [0.2, 0.25) is 0 Å². The van der Waals surface area contributed by atoms with Gasteiger partial charge >= 0.3 is 0 Å². The van der Waals surface area contributed by atoms with Gasteiger partial charge in [-0.2, -0.15) is 0 Å². The van der Waals surface area contributed by atoms with E-state index in [-0.39, 0.29) is 6.17 Å². The quantitative estimate of drug-likeness (QED) is 0.567. The third kappa shape index (κ3) is 1.35. The first-order chi connectivity index (χ1) is 3.79. The molecule has 0 aromatic heterocycles. The Balaban J connectivity index is 2.63. The van der Waals surface area contributed by atoms with Gasteiger partial charge in [0.15, 0.2) is 0 Å². The van der Waals surface area contributed by atoms with Crippen molar-refractivity contribution in [3.63, 3.8) is 0 Å². The van der Waals surface area contributed by atoms with E-state index < -0.39 is 0 Å². The van der Waals surface area contributed by atoms with Crippen LogP contribution < -0.4 is 11.1 Å². The van der Waals surface area contributed by atoms with Crippen LogP contribution in [0.15, 0.2) is 22.8 Å². The molecule has 8 heavy (non-hydrogen) atoms. The van der Waals surface area contributed by atoms with Gasteiger partial charge in [0.25, 0.3) is 0 Å². The van der Waals surface area contributed by atoms with Crippen molar-refractivity contribution in [2.24, 2.45) is 5.73 Å². The van der Waals surface area contributed by atoms with Crippen LogP contribution in [0.5, 0.6) is 0 Å². The van der Waals surface area contributed by atoms with Crippen LogP contribution in [0, 0.1) is 0 Å². The zero-order valence-corrected chi connectivity index (χ0v) is 5.85. The zero-order valence-electron chi connectivity index (χ0n) is 4.26. The number of nitrogens with two attached hydrogens (primary N) is 1. The van der Waals surface area contributed by atoms with E-state index in [4.69, 9.17) is 5.73 Å². The van der Waals surface area contributed by atoms with Crippen molar-refractivity contribution >= 4 is 15.9 Å². The first-order valence-electron chi connectivity index (χ1n) is 2.34. The minimum atomic E-state index is -0.0330. The van der Waals surface area contributed by atoms with Crippen LogP contribution in [0.1, 0.15) is 0 Å². The molecule has 1 heterocycles. The normalized spacial score (nSPS) is 26.8. The lowest BCUT2D eigenvalue weighted by Crippen LogP contribution is -2.32. The molecule has 0 aliphatic carbocycles. The number of dihydropyridines is 1. The molecule has 1 rings (SSSR count). The molecule has 0 saturated heterocycles. The lowest BCUT2D eigenvalue weighted by molar-refractivity contribution is 0.726. The van der Waals surface area contributed by atoms with Crippen molar-refractivity contribution in [3.05, 3.63) is 22.8 Å². The van der Waals surface area contributed by atoms with Gasteiger partial charge in [-0.3, -0.25) is 0 Å². The Morgan fingerprint density at radius 3 is 2.88 bits per heavy atom. The molecule has 3 N–H and O–H groups in total. The Morgan fingerprint density at radius 2 is 2.50 bits per heavy atom. The zero-order chi connectivity index (χ0) is 5.98. The number of allylic oxidation sites excluding steroid dienone is 2. The minimum absolute atomic E-state index is 0.0330. The Kier molecular flexibility index (Phi) is 1.70. The van der Waals surface area contributed by atoms with Gasteiger partial charge in [-0.25, -0.2) is 0 Å². The summed E-state index contributed by atoms with van der Waals surface area (Å²) in [5.41, 5.74) is 5.46. The average Bonchev–Trinajstić information content (AvgIpc) is 1.64. The third-order valence-corrected chi connectivity index (χ3v) is 1.40. The molecule has 1 aliphatic rings. The molecule has 1 unspecified atom stereocenters. The summed E-state index contributed by atoms with van der Waals surface area (Å²) in [5.74, 6) is 0. The van der Waals surface area contributed by atoms with Gasteiger partial charge in [0, 0.05) is 4.48 Å². The number of hydrogen-bond donors (Lipinski definition) is 2. The number of hydrogen-bond acceptors (Lipinski definition) is 2. The van der Waals surface area contributed by atoms with Gasteiger partial charge in [0.1, 0.15) is 0 Å². The van der Waals surface area contributed by atoms with E-state index in [1.165, 1.54) is 0 Å². The highest BCUT2D eigenvalue weighted by molar-refractivity contribution is 9.11. The molecule has 2 nitrogen and oxygen atoms in total. The van der Waals surface area contributed by atoms with E-state index in [2.05, 4.69) is 21.2 Å². The molecule has 0 bridgehead atoms. The summed E-state index contributed by atoms with van der Waals surface area (Å²) in [6.07, 6.45) is 5.58. The topological polar surface area (TPSA) is 38.0 Å². The van der Waals surface area contributed by atoms with E-state index in [0.717, 1.165) is 4.48 Å². The second kappa shape index (κ2) is 2.33. The van der Waals surface area contributed by atoms with Crippen molar-refractivity contribution in [3.8, 4) is 0 Å². The SMILES string of the molecule is NC1C=C(Br)C=CN1. The molecular weight excluding hydrogens is 168 g/mol. The van der Waals surface area contributed by atoms with E-state index in [1.54, 1.807) is 0 Å². The van der Waals surface area contributed by atoms with E-state index in [0.29, 0.717) is 0 Å². The standard InChI is InChI=1S/C5H7BrN2/c6-4-1-2-8-5(7)3-4/h1-3,5,8H,7H2. The Morgan fingerprint density at radius 1 is 1.75 bits per heavy atom. The molecule has 0 radical (unpaired) electrons. The molecule has 0 fully saturated rings. The average molecular weight is 175 g/mol. The van der Waals surface area contributed by atoms with Gasteiger partial charge in [0.2, 0.25) is 0 Å². The van der Waals surface area contributed by atoms with Gasteiger partial charge < -0.3 is 11.1 Å². The predicted octanol–water partition coefficient (Wildman–Crippen LogP) is 0.667. The van der Waals surface area contributed by atoms with Gasteiger partial charge in [-0.1, -0.05) is 15.9 Å². The van der Waals surface area contributed by atoms with Crippen LogP contribution in [-0.2, 0) is 0 Å². The second-order valence-electron chi connectivity index (χ2n) is 1.58. The number of rotatable bonds is 0. The van der Waals surface area contributed by atoms with Crippen LogP contribution >= 0.6 is 15.9 Å². The van der Waals surface area contributed by atoms with Gasteiger partial charge in [0.05, 0.1) is 6.17 Å². The summed E-state index contributed by atoms with van der Waals surface area (Å²) in [6, 6.07) is 0. The fourth-order valence-electron chi connectivity index (χ4n) is 0.514. The fraction of sp³-hybridized carbons (Fsp3) is 0.200. The molecule has 44 valence electrons. The Bertz CT molecular complexity index is 139.